The van der Waals surface area contributed by atoms with Crippen molar-refractivity contribution in [1.82, 2.24) is 4.98 Å². The summed E-state index contributed by atoms with van der Waals surface area (Å²) < 4.78 is 0. The molecule has 126 valence electrons. The van der Waals surface area contributed by atoms with Gasteiger partial charge >= 0.3 is 0 Å². The molecule has 3 rings (SSSR count). The molecule has 0 bridgehead atoms. The summed E-state index contributed by atoms with van der Waals surface area (Å²) >= 11 is 18.2. The number of nitrogens with one attached hydrogen (secondary N) is 1. The van der Waals surface area contributed by atoms with Gasteiger partial charge in [-0.2, -0.15) is 0 Å². The highest BCUT2D eigenvalue weighted by molar-refractivity contribution is 7.81. The molecule has 0 saturated heterocycles. The number of rotatable bonds is 4. The van der Waals surface area contributed by atoms with Crippen molar-refractivity contribution in [1.29, 1.82) is 0 Å². The van der Waals surface area contributed by atoms with Crippen molar-refractivity contribution in [3.8, 4) is 0 Å². The summed E-state index contributed by atoms with van der Waals surface area (Å²) in [5.74, 6) is 0. The lowest BCUT2D eigenvalue weighted by Crippen LogP contribution is -2.04. The molecule has 0 aliphatic heterocycles. The summed E-state index contributed by atoms with van der Waals surface area (Å²) in [6, 6.07) is 13.4. The molecule has 3 aromatic rings. The van der Waals surface area contributed by atoms with Crippen LogP contribution in [-0.4, -0.2) is 9.85 Å². The molecule has 0 atom stereocenters. The molecule has 0 saturated carbocycles. The third-order valence-electron chi connectivity index (χ3n) is 3.96. The van der Waals surface area contributed by atoms with Crippen LogP contribution < -0.4 is 5.32 Å². The fourth-order valence-electron chi connectivity index (χ4n) is 2.55. The molecule has 2 aromatic carbocycles. The first kappa shape index (κ1) is 17.9. The van der Waals surface area contributed by atoms with Gasteiger partial charge in [-0.1, -0.05) is 41.5 Å². The smallest absolute Gasteiger partial charge is 0.0600 e. The summed E-state index contributed by atoms with van der Waals surface area (Å²) in [6.07, 6.45) is 3.56. The van der Waals surface area contributed by atoms with Crippen LogP contribution in [-0.2, 0) is 0 Å². The molecule has 0 aliphatic carbocycles. The molecule has 5 heteroatoms. The monoisotopic (exact) mass is 386 g/mol. The third-order valence-corrected chi connectivity index (χ3v) is 4.95. The highest BCUT2D eigenvalue weighted by Crippen LogP contribution is 2.28. The average molecular weight is 387 g/mol. The first-order chi connectivity index (χ1) is 12.0. The second-order valence-corrected chi connectivity index (χ2v) is 7.05. The summed E-state index contributed by atoms with van der Waals surface area (Å²) in [5.41, 5.74) is 5.77. The first-order valence-corrected chi connectivity index (χ1v) is 8.90. The Morgan fingerprint density at radius 3 is 2.40 bits per heavy atom. The lowest BCUT2D eigenvalue weighted by molar-refractivity contribution is 1.28. The van der Waals surface area contributed by atoms with Crippen molar-refractivity contribution in [2.45, 2.75) is 13.8 Å². The van der Waals surface area contributed by atoms with Crippen LogP contribution in [0.4, 0.5) is 11.4 Å². The van der Waals surface area contributed by atoms with Crippen LogP contribution in [0.1, 0.15) is 22.3 Å². The maximum Gasteiger partial charge on any atom is 0.0600 e. The van der Waals surface area contributed by atoms with E-state index in [9.17, 15) is 0 Å². The van der Waals surface area contributed by atoms with Gasteiger partial charge < -0.3 is 5.32 Å². The number of aromatic nitrogens is 1. The standard InChI is InChI=1S/C20H16Cl2N2S/c1-12-7-8-23-11-19(12)24-15-4-6-17(18(22)10-15)20(25)16-5-3-14(21)9-13(16)2/h3-11,24H,1-2H3. The highest BCUT2D eigenvalue weighted by Gasteiger charge is 2.12. The molecular weight excluding hydrogens is 371 g/mol. The van der Waals surface area contributed by atoms with E-state index in [0.717, 1.165) is 33.6 Å². The number of aryl methyl sites for hydroxylation is 2. The van der Waals surface area contributed by atoms with Crippen molar-refractivity contribution in [2.75, 3.05) is 5.32 Å². The fraction of sp³-hybridized carbons (Fsp3) is 0.100. The molecule has 2 nitrogen and oxygen atoms in total. The zero-order valence-corrected chi connectivity index (χ0v) is 16.1. The van der Waals surface area contributed by atoms with Gasteiger partial charge in [-0.15, -0.1) is 0 Å². The third kappa shape index (κ3) is 4.01. The van der Waals surface area contributed by atoms with Gasteiger partial charge in [0.2, 0.25) is 0 Å². The summed E-state index contributed by atoms with van der Waals surface area (Å²) in [6.45, 7) is 4.01. The maximum atomic E-state index is 6.49. The van der Waals surface area contributed by atoms with E-state index in [1.807, 2.05) is 56.3 Å². The Morgan fingerprint density at radius 2 is 1.72 bits per heavy atom. The van der Waals surface area contributed by atoms with Crippen molar-refractivity contribution >= 4 is 51.7 Å². The zero-order chi connectivity index (χ0) is 18.0. The number of anilines is 2. The SMILES string of the molecule is Cc1ccncc1Nc1ccc(C(=S)c2ccc(Cl)cc2C)c(Cl)c1. The van der Waals surface area contributed by atoms with Gasteiger partial charge in [0.25, 0.3) is 0 Å². The van der Waals surface area contributed by atoms with Gasteiger partial charge in [0.15, 0.2) is 0 Å². The second-order valence-electron chi connectivity index (χ2n) is 5.80. The Kier molecular flexibility index (Phi) is 5.38. The molecule has 1 heterocycles. The lowest BCUT2D eigenvalue weighted by atomic mass is 10.00. The van der Waals surface area contributed by atoms with E-state index >= 15 is 0 Å². The Labute approximate surface area is 162 Å². The molecule has 0 radical (unpaired) electrons. The Bertz CT molecular complexity index is 954. The second kappa shape index (κ2) is 7.52. The minimum absolute atomic E-state index is 0.603. The topological polar surface area (TPSA) is 24.9 Å². The number of halogens is 2. The van der Waals surface area contributed by atoms with E-state index in [1.165, 1.54) is 0 Å². The molecule has 1 aromatic heterocycles. The number of benzene rings is 2. The lowest BCUT2D eigenvalue weighted by Gasteiger charge is -2.13. The average Bonchev–Trinajstić information content (AvgIpc) is 2.56. The molecule has 0 spiro atoms. The van der Waals surface area contributed by atoms with Crippen molar-refractivity contribution in [3.63, 3.8) is 0 Å². The summed E-state index contributed by atoms with van der Waals surface area (Å²) in [5, 5.41) is 4.63. The summed E-state index contributed by atoms with van der Waals surface area (Å²) in [4.78, 5) is 4.85. The van der Waals surface area contributed by atoms with Gasteiger partial charge in [0.05, 0.1) is 21.8 Å². The van der Waals surface area contributed by atoms with E-state index in [2.05, 4.69) is 10.3 Å². The molecule has 0 unspecified atom stereocenters. The number of pyridine rings is 1. The normalized spacial score (nSPS) is 10.6. The Hall–Kier alpha value is -1.94. The van der Waals surface area contributed by atoms with Crippen LogP contribution in [0.15, 0.2) is 54.9 Å². The van der Waals surface area contributed by atoms with Crippen LogP contribution in [0, 0.1) is 13.8 Å². The van der Waals surface area contributed by atoms with E-state index in [1.54, 1.807) is 12.4 Å². The zero-order valence-electron chi connectivity index (χ0n) is 13.8. The number of hydrogen-bond donors (Lipinski definition) is 1. The fourth-order valence-corrected chi connectivity index (χ4v) is 3.52. The van der Waals surface area contributed by atoms with Gasteiger partial charge in [-0.3, -0.25) is 4.98 Å². The summed E-state index contributed by atoms with van der Waals surface area (Å²) in [7, 11) is 0. The van der Waals surface area contributed by atoms with Gasteiger partial charge in [0.1, 0.15) is 0 Å². The van der Waals surface area contributed by atoms with Gasteiger partial charge in [0, 0.05) is 22.5 Å². The van der Waals surface area contributed by atoms with Crippen molar-refractivity contribution < 1.29 is 0 Å². The minimum atomic E-state index is 0.603. The number of nitrogens with zero attached hydrogens (tertiary/aromatic N) is 1. The highest BCUT2D eigenvalue weighted by atomic mass is 35.5. The van der Waals surface area contributed by atoms with Crippen LogP contribution >= 0.6 is 35.4 Å². The van der Waals surface area contributed by atoms with Crippen LogP contribution in [0.3, 0.4) is 0 Å². The van der Waals surface area contributed by atoms with Gasteiger partial charge in [-0.05, 0) is 66.9 Å². The molecule has 0 aliphatic rings. The van der Waals surface area contributed by atoms with Crippen LogP contribution in [0.2, 0.25) is 10.0 Å². The largest absolute Gasteiger partial charge is 0.354 e. The minimum Gasteiger partial charge on any atom is -0.354 e. The van der Waals surface area contributed by atoms with Crippen LogP contribution in [0.5, 0.6) is 0 Å². The maximum absolute atomic E-state index is 6.49. The van der Waals surface area contributed by atoms with E-state index in [-0.39, 0.29) is 0 Å². The first-order valence-electron chi connectivity index (χ1n) is 7.74. The van der Waals surface area contributed by atoms with Crippen LogP contribution in [0.25, 0.3) is 0 Å². The molecule has 25 heavy (non-hydrogen) atoms. The molecule has 1 N–H and O–H groups in total. The Morgan fingerprint density at radius 1 is 0.960 bits per heavy atom. The molecule has 0 fully saturated rings. The van der Waals surface area contributed by atoms with Crippen molar-refractivity contribution in [3.05, 3.63) is 87.2 Å². The predicted octanol–water partition coefficient (Wildman–Crippen LogP) is 6.52. The van der Waals surface area contributed by atoms with E-state index in [4.69, 9.17) is 35.4 Å². The molecular formula is C20H16Cl2N2S. The van der Waals surface area contributed by atoms with Crippen molar-refractivity contribution in [2.24, 2.45) is 0 Å². The van der Waals surface area contributed by atoms with E-state index in [0.29, 0.717) is 14.9 Å². The predicted molar refractivity (Wildman–Crippen MR) is 111 cm³/mol. The molecule has 0 amide bonds. The number of thiocarbonyl (C=S) groups is 1. The van der Waals surface area contributed by atoms with E-state index < -0.39 is 0 Å². The Balaban J connectivity index is 1.89. The van der Waals surface area contributed by atoms with Gasteiger partial charge in [-0.25, -0.2) is 0 Å². The quantitative estimate of drug-likeness (QED) is 0.408. The number of hydrogen-bond acceptors (Lipinski definition) is 3.